The number of nitrogens with two attached hydrogens (primary N) is 1. The van der Waals surface area contributed by atoms with Crippen LogP contribution >= 0.6 is 0 Å². The fourth-order valence-corrected chi connectivity index (χ4v) is 3.34. The van der Waals surface area contributed by atoms with Crippen molar-refractivity contribution in [3.05, 3.63) is 0 Å². The van der Waals surface area contributed by atoms with Gasteiger partial charge in [-0.05, 0) is 51.0 Å². The highest BCUT2D eigenvalue weighted by Gasteiger charge is 2.37. The van der Waals surface area contributed by atoms with Crippen molar-refractivity contribution in [3.63, 3.8) is 0 Å². The van der Waals surface area contributed by atoms with Gasteiger partial charge in [0.05, 0.1) is 0 Å². The lowest BCUT2D eigenvalue weighted by Gasteiger charge is -2.48. The van der Waals surface area contributed by atoms with E-state index in [2.05, 4.69) is 39.6 Å². The SMILES string of the molecule is CCC(CC)(CN)N(C)C1CCC(C)(C)CC1. The summed E-state index contributed by atoms with van der Waals surface area (Å²) in [5.41, 5.74) is 6.83. The number of rotatable bonds is 5. The van der Waals surface area contributed by atoms with E-state index < -0.39 is 0 Å². The molecule has 102 valence electrons. The minimum Gasteiger partial charge on any atom is -0.329 e. The molecule has 0 unspecified atom stereocenters. The van der Waals surface area contributed by atoms with Crippen molar-refractivity contribution < 1.29 is 0 Å². The van der Waals surface area contributed by atoms with Gasteiger partial charge in [0.15, 0.2) is 0 Å². The quantitative estimate of drug-likeness (QED) is 0.798. The molecule has 0 aromatic carbocycles. The van der Waals surface area contributed by atoms with E-state index in [0.29, 0.717) is 5.41 Å². The van der Waals surface area contributed by atoms with Gasteiger partial charge >= 0.3 is 0 Å². The minimum atomic E-state index is 0.228. The predicted molar refractivity (Wildman–Crippen MR) is 76.2 cm³/mol. The molecule has 0 spiro atoms. The third-order valence-electron chi connectivity index (χ3n) is 5.30. The summed E-state index contributed by atoms with van der Waals surface area (Å²) in [5, 5.41) is 0. The molecule has 0 atom stereocenters. The minimum absolute atomic E-state index is 0.228. The molecule has 0 saturated heterocycles. The lowest BCUT2D eigenvalue weighted by Crippen LogP contribution is -2.56. The van der Waals surface area contributed by atoms with Crippen LogP contribution in [0.1, 0.15) is 66.2 Å². The first-order chi connectivity index (χ1) is 7.90. The van der Waals surface area contributed by atoms with Crippen LogP contribution in [-0.2, 0) is 0 Å². The van der Waals surface area contributed by atoms with Crippen molar-refractivity contribution in [1.29, 1.82) is 0 Å². The van der Waals surface area contributed by atoms with Gasteiger partial charge in [0.1, 0.15) is 0 Å². The average molecular weight is 240 g/mol. The normalized spacial score (nSPS) is 22.1. The highest BCUT2D eigenvalue weighted by molar-refractivity contribution is 4.93. The molecule has 17 heavy (non-hydrogen) atoms. The third kappa shape index (κ3) is 3.23. The zero-order valence-electron chi connectivity index (χ0n) is 12.6. The van der Waals surface area contributed by atoms with Crippen LogP contribution in [-0.4, -0.2) is 30.1 Å². The second-order valence-corrected chi connectivity index (χ2v) is 6.64. The highest BCUT2D eigenvalue weighted by Crippen LogP contribution is 2.39. The molecular formula is C15H32N2. The van der Waals surface area contributed by atoms with Crippen LogP contribution in [0.5, 0.6) is 0 Å². The van der Waals surface area contributed by atoms with Crippen LogP contribution in [0.25, 0.3) is 0 Å². The molecular weight excluding hydrogens is 208 g/mol. The Balaban J connectivity index is 2.67. The standard InChI is InChI=1S/C15H32N2/c1-6-15(7-2,12-16)17(5)13-8-10-14(3,4)11-9-13/h13H,6-12,16H2,1-5H3. The van der Waals surface area contributed by atoms with Gasteiger partial charge in [-0.25, -0.2) is 0 Å². The van der Waals surface area contributed by atoms with Gasteiger partial charge in [0.2, 0.25) is 0 Å². The molecule has 0 heterocycles. The maximum absolute atomic E-state index is 6.05. The fraction of sp³-hybridized carbons (Fsp3) is 1.00. The number of hydrogen-bond donors (Lipinski definition) is 1. The van der Waals surface area contributed by atoms with Gasteiger partial charge in [0, 0.05) is 18.1 Å². The molecule has 1 fully saturated rings. The maximum atomic E-state index is 6.05. The van der Waals surface area contributed by atoms with Crippen molar-refractivity contribution in [3.8, 4) is 0 Å². The first kappa shape index (κ1) is 15.0. The van der Waals surface area contributed by atoms with E-state index in [1.165, 1.54) is 25.7 Å². The van der Waals surface area contributed by atoms with E-state index in [1.54, 1.807) is 0 Å². The molecule has 1 rings (SSSR count). The van der Waals surface area contributed by atoms with E-state index in [4.69, 9.17) is 5.73 Å². The molecule has 0 aromatic heterocycles. The molecule has 2 heteroatoms. The van der Waals surface area contributed by atoms with Crippen molar-refractivity contribution in [2.45, 2.75) is 77.8 Å². The van der Waals surface area contributed by atoms with Gasteiger partial charge in [-0.3, -0.25) is 4.90 Å². The van der Waals surface area contributed by atoms with Crippen molar-refractivity contribution in [2.75, 3.05) is 13.6 Å². The molecule has 0 bridgehead atoms. The summed E-state index contributed by atoms with van der Waals surface area (Å²) in [4.78, 5) is 2.60. The third-order valence-corrected chi connectivity index (χ3v) is 5.30. The summed E-state index contributed by atoms with van der Waals surface area (Å²) in [5.74, 6) is 0. The Hall–Kier alpha value is -0.0800. The van der Waals surface area contributed by atoms with E-state index in [1.807, 2.05) is 0 Å². The Morgan fingerprint density at radius 3 is 2.00 bits per heavy atom. The molecule has 0 aromatic rings. The zero-order valence-corrected chi connectivity index (χ0v) is 12.6. The van der Waals surface area contributed by atoms with Gasteiger partial charge in [-0.1, -0.05) is 27.7 Å². The lowest BCUT2D eigenvalue weighted by atomic mass is 9.74. The van der Waals surface area contributed by atoms with Gasteiger partial charge in [-0.2, -0.15) is 0 Å². The summed E-state index contributed by atoms with van der Waals surface area (Å²) in [7, 11) is 2.29. The summed E-state index contributed by atoms with van der Waals surface area (Å²) >= 11 is 0. The Morgan fingerprint density at radius 1 is 1.18 bits per heavy atom. The summed E-state index contributed by atoms with van der Waals surface area (Å²) in [6, 6.07) is 0.742. The summed E-state index contributed by atoms with van der Waals surface area (Å²) in [6.45, 7) is 10.1. The Morgan fingerprint density at radius 2 is 1.65 bits per heavy atom. The number of hydrogen-bond acceptors (Lipinski definition) is 2. The predicted octanol–water partition coefficient (Wildman–Crippen LogP) is 3.40. The summed E-state index contributed by atoms with van der Waals surface area (Å²) in [6.07, 6.45) is 7.72. The molecule has 1 aliphatic carbocycles. The average Bonchev–Trinajstić information content (AvgIpc) is 2.32. The van der Waals surface area contributed by atoms with E-state index >= 15 is 0 Å². The van der Waals surface area contributed by atoms with Crippen molar-refractivity contribution in [2.24, 2.45) is 11.1 Å². The van der Waals surface area contributed by atoms with Crippen molar-refractivity contribution >= 4 is 0 Å². The fourth-order valence-electron chi connectivity index (χ4n) is 3.34. The van der Waals surface area contributed by atoms with Crippen molar-refractivity contribution in [1.82, 2.24) is 4.90 Å². The van der Waals surface area contributed by atoms with Crippen LogP contribution in [0, 0.1) is 5.41 Å². The largest absolute Gasteiger partial charge is 0.329 e. The maximum Gasteiger partial charge on any atom is 0.0326 e. The molecule has 1 aliphatic rings. The van der Waals surface area contributed by atoms with Gasteiger partial charge in [0.25, 0.3) is 0 Å². The lowest BCUT2D eigenvalue weighted by molar-refractivity contribution is 0.0309. The van der Waals surface area contributed by atoms with Crippen LogP contribution in [0.3, 0.4) is 0 Å². The van der Waals surface area contributed by atoms with E-state index in [9.17, 15) is 0 Å². The van der Waals surface area contributed by atoms with Gasteiger partial charge in [-0.15, -0.1) is 0 Å². The number of nitrogens with zero attached hydrogens (tertiary/aromatic N) is 1. The second-order valence-electron chi connectivity index (χ2n) is 6.64. The van der Waals surface area contributed by atoms with E-state index in [0.717, 1.165) is 25.4 Å². The first-order valence-electron chi connectivity index (χ1n) is 7.34. The molecule has 0 aliphatic heterocycles. The molecule has 1 saturated carbocycles. The number of likely N-dealkylation sites (N-methyl/N-ethyl adjacent to an activating group) is 1. The van der Waals surface area contributed by atoms with Crippen LogP contribution < -0.4 is 5.73 Å². The second kappa shape index (κ2) is 5.71. The highest BCUT2D eigenvalue weighted by atomic mass is 15.2. The van der Waals surface area contributed by atoms with Crippen LogP contribution in [0.2, 0.25) is 0 Å². The Bertz CT molecular complexity index is 213. The Kier molecular flexibility index (Phi) is 5.03. The topological polar surface area (TPSA) is 29.3 Å². The van der Waals surface area contributed by atoms with Gasteiger partial charge < -0.3 is 5.73 Å². The molecule has 0 amide bonds. The summed E-state index contributed by atoms with van der Waals surface area (Å²) < 4.78 is 0. The Labute approximate surface area is 108 Å². The molecule has 0 radical (unpaired) electrons. The zero-order chi connectivity index (χ0) is 13.1. The first-order valence-corrected chi connectivity index (χ1v) is 7.34. The van der Waals surface area contributed by atoms with Crippen LogP contribution in [0.15, 0.2) is 0 Å². The molecule has 2 N–H and O–H groups in total. The monoisotopic (exact) mass is 240 g/mol. The smallest absolute Gasteiger partial charge is 0.0326 e. The van der Waals surface area contributed by atoms with E-state index in [-0.39, 0.29) is 5.54 Å². The molecule has 2 nitrogen and oxygen atoms in total. The van der Waals surface area contributed by atoms with Crippen LogP contribution in [0.4, 0.5) is 0 Å².